The molecule has 0 aromatic carbocycles. The molecule has 1 heterocycles. The van der Waals surface area contributed by atoms with Crippen molar-refractivity contribution < 1.29 is 4.74 Å². The number of rotatable bonds is 7. The van der Waals surface area contributed by atoms with Crippen LogP contribution in [-0.2, 0) is 24.4 Å². The minimum Gasteiger partial charge on any atom is -0.373 e. The Bertz CT molecular complexity index is 309. The van der Waals surface area contributed by atoms with Gasteiger partial charge in [0.25, 0.3) is 0 Å². The van der Waals surface area contributed by atoms with Gasteiger partial charge in [-0.2, -0.15) is 0 Å². The molecule has 5 heteroatoms. The zero-order chi connectivity index (χ0) is 12.0. The fourth-order valence-corrected chi connectivity index (χ4v) is 1.51. The maximum Gasteiger partial charge on any atom is 0.159 e. The SMILES string of the molecule is CCCOCc1nnc(CN)n1CC(C)C. The first-order chi connectivity index (χ1) is 7.69. The highest BCUT2D eigenvalue weighted by Gasteiger charge is 2.11. The van der Waals surface area contributed by atoms with Crippen LogP contribution in [0.15, 0.2) is 0 Å². The summed E-state index contributed by atoms with van der Waals surface area (Å²) in [5.41, 5.74) is 5.63. The van der Waals surface area contributed by atoms with Crippen LogP contribution in [0.3, 0.4) is 0 Å². The molecular formula is C11H22N4O. The molecular weight excluding hydrogens is 204 g/mol. The van der Waals surface area contributed by atoms with E-state index in [1.807, 2.05) is 0 Å². The first-order valence-electron chi connectivity index (χ1n) is 5.87. The predicted molar refractivity (Wildman–Crippen MR) is 62.7 cm³/mol. The number of ether oxygens (including phenoxy) is 1. The van der Waals surface area contributed by atoms with Gasteiger partial charge in [-0.3, -0.25) is 0 Å². The zero-order valence-electron chi connectivity index (χ0n) is 10.4. The molecule has 0 fully saturated rings. The molecule has 0 saturated heterocycles. The largest absolute Gasteiger partial charge is 0.373 e. The monoisotopic (exact) mass is 226 g/mol. The molecule has 0 spiro atoms. The first kappa shape index (κ1) is 13.1. The second kappa shape index (κ2) is 6.60. The Labute approximate surface area is 97.0 Å². The maximum absolute atomic E-state index is 5.63. The van der Waals surface area contributed by atoms with Crippen molar-refractivity contribution >= 4 is 0 Å². The van der Waals surface area contributed by atoms with Crippen molar-refractivity contribution in [3.8, 4) is 0 Å². The van der Waals surface area contributed by atoms with Crippen LogP contribution in [-0.4, -0.2) is 21.4 Å². The van der Waals surface area contributed by atoms with Gasteiger partial charge in [-0.25, -0.2) is 0 Å². The lowest BCUT2D eigenvalue weighted by atomic mass is 10.2. The van der Waals surface area contributed by atoms with Gasteiger partial charge in [0.1, 0.15) is 12.4 Å². The van der Waals surface area contributed by atoms with Crippen molar-refractivity contribution in [2.24, 2.45) is 11.7 Å². The van der Waals surface area contributed by atoms with Gasteiger partial charge in [-0.05, 0) is 12.3 Å². The Hall–Kier alpha value is -0.940. The zero-order valence-corrected chi connectivity index (χ0v) is 10.4. The van der Waals surface area contributed by atoms with Crippen LogP contribution in [0, 0.1) is 5.92 Å². The standard InChI is InChI=1S/C11H22N4O/c1-4-5-16-8-11-14-13-10(6-12)15(11)7-9(2)3/h9H,4-8,12H2,1-3H3. The molecule has 0 unspecified atom stereocenters. The van der Waals surface area contributed by atoms with E-state index in [1.54, 1.807) is 0 Å². The third-order valence-corrected chi connectivity index (χ3v) is 2.21. The summed E-state index contributed by atoms with van der Waals surface area (Å²) in [5.74, 6) is 2.26. The number of hydrogen-bond donors (Lipinski definition) is 1. The predicted octanol–water partition coefficient (Wildman–Crippen LogP) is 1.32. The molecule has 0 radical (unpaired) electrons. The Balaban J connectivity index is 2.70. The van der Waals surface area contributed by atoms with Crippen molar-refractivity contribution in [3.63, 3.8) is 0 Å². The van der Waals surface area contributed by atoms with Gasteiger partial charge in [0.15, 0.2) is 5.82 Å². The second-order valence-corrected chi connectivity index (χ2v) is 4.29. The third kappa shape index (κ3) is 3.57. The lowest BCUT2D eigenvalue weighted by molar-refractivity contribution is 0.112. The van der Waals surface area contributed by atoms with E-state index in [0.29, 0.717) is 19.1 Å². The molecule has 2 N–H and O–H groups in total. The lowest BCUT2D eigenvalue weighted by Gasteiger charge is -2.11. The molecule has 0 amide bonds. The second-order valence-electron chi connectivity index (χ2n) is 4.29. The normalized spacial score (nSPS) is 11.3. The summed E-state index contributed by atoms with van der Waals surface area (Å²) in [6.07, 6.45) is 1.02. The summed E-state index contributed by atoms with van der Waals surface area (Å²) in [4.78, 5) is 0. The summed E-state index contributed by atoms with van der Waals surface area (Å²) in [5, 5.41) is 8.19. The highest BCUT2D eigenvalue weighted by atomic mass is 16.5. The molecule has 0 saturated carbocycles. The van der Waals surface area contributed by atoms with Gasteiger partial charge in [0.05, 0.1) is 6.54 Å². The summed E-state index contributed by atoms with van der Waals surface area (Å²) < 4.78 is 7.55. The number of nitrogens with two attached hydrogens (primary N) is 1. The Kier molecular flexibility index (Phi) is 5.42. The van der Waals surface area contributed by atoms with Crippen LogP contribution >= 0.6 is 0 Å². The highest BCUT2D eigenvalue weighted by Crippen LogP contribution is 2.08. The van der Waals surface area contributed by atoms with E-state index in [0.717, 1.165) is 31.2 Å². The van der Waals surface area contributed by atoms with Crippen LogP contribution in [0.5, 0.6) is 0 Å². The van der Waals surface area contributed by atoms with Crippen molar-refractivity contribution in [1.29, 1.82) is 0 Å². The average molecular weight is 226 g/mol. The van der Waals surface area contributed by atoms with Gasteiger partial charge in [-0.1, -0.05) is 20.8 Å². The molecule has 0 aliphatic rings. The number of aromatic nitrogens is 3. The van der Waals surface area contributed by atoms with E-state index >= 15 is 0 Å². The highest BCUT2D eigenvalue weighted by molar-refractivity contribution is 4.94. The van der Waals surface area contributed by atoms with E-state index in [9.17, 15) is 0 Å². The van der Waals surface area contributed by atoms with Crippen LogP contribution in [0.2, 0.25) is 0 Å². The third-order valence-electron chi connectivity index (χ3n) is 2.21. The summed E-state index contributed by atoms with van der Waals surface area (Å²) in [6.45, 7) is 9.01. The first-order valence-corrected chi connectivity index (χ1v) is 5.87. The van der Waals surface area contributed by atoms with Crippen LogP contribution in [0.25, 0.3) is 0 Å². The molecule has 5 nitrogen and oxygen atoms in total. The van der Waals surface area contributed by atoms with Crippen LogP contribution in [0.1, 0.15) is 38.8 Å². The fraction of sp³-hybridized carbons (Fsp3) is 0.818. The Morgan fingerprint density at radius 2 is 2.00 bits per heavy atom. The Morgan fingerprint density at radius 1 is 1.31 bits per heavy atom. The van der Waals surface area contributed by atoms with E-state index < -0.39 is 0 Å². The topological polar surface area (TPSA) is 66.0 Å². The minimum absolute atomic E-state index is 0.424. The number of hydrogen-bond acceptors (Lipinski definition) is 4. The molecule has 1 rings (SSSR count). The smallest absolute Gasteiger partial charge is 0.159 e. The van der Waals surface area contributed by atoms with Gasteiger partial charge in [0, 0.05) is 13.2 Å². The van der Waals surface area contributed by atoms with Gasteiger partial charge in [-0.15, -0.1) is 10.2 Å². The molecule has 1 aromatic heterocycles. The average Bonchev–Trinajstić information content (AvgIpc) is 2.61. The lowest BCUT2D eigenvalue weighted by Crippen LogP contribution is -2.15. The molecule has 0 bridgehead atoms. The quantitative estimate of drug-likeness (QED) is 0.712. The van der Waals surface area contributed by atoms with Crippen molar-refractivity contribution in [3.05, 3.63) is 11.6 Å². The maximum atomic E-state index is 5.63. The van der Waals surface area contributed by atoms with E-state index in [2.05, 4.69) is 35.5 Å². The summed E-state index contributed by atoms with van der Waals surface area (Å²) in [6, 6.07) is 0. The van der Waals surface area contributed by atoms with Gasteiger partial charge in [0.2, 0.25) is 0 Å². The van der Waals surface area contributed by atoms with Crippen LogP contribution < -0.4 is 5.73 Å². The number of nitrogens with zero attached hydrogens (tertiary/aromatic N) is 3. The van der Waals surface area contributed by atoms with E-state index in [-0.39, 0.29) is 0 Å². The van der Waals surface area contributed by atoms with Crippen molar-refractivity contribution in [1.82, 2.24) is 14.8 Å². The molecule has 16 heavy (non-hydrogen) atoms. The summed E-state index contributed by atoms with van der Waals surface area (Å²) >= 11 is 0. The van der Waals surface area contributed by atoms with Gasteiger partial charge >= 0.3 is 0 Å². The minimum atomic E-state index is 0.424. The molecule has 92 valence electrons. The van der Waals surface area contributed by atoms with Crippen LogP contribution in [0.4, 0.5) is 0 Å². The van der Waals surface area contributed by atoms with E-state index in [4.69, 9.17) is 10.5 Å². The van der Waals surface area contributed by atoms with E-state index in [1.165, 1.54) is 0 Å². The molecule has 1 aromatic rings. The molecule has 0 atom stereocenters. The summed E-state index contributed by atoms with van der Waals surface area (Å²) in [7, 11) is 0. The molecule has 0 aliphatic heterocycles. The molecule has 0 aliphatic carbocycles. The van der Waals surface area contributed by atoms with Gasteiger partial charge < -0.3 is 15.0 Å². The fourth-order valence-electron chi connectivity index (χ4n) is 1.51. The van der Waals surface area contributed by atoms with Crippen molar-refractivity contribution in [2.75, 3.05) is 6.61 Å². The van der Waals surface area contributed by atoms with Crippen molar-refractivity contribution in [2.45, 2.75) is 46.9 Å². The Morgan fingerprint density at radius 3 is 2.56 bits per heavy atom.